The van der Waals surface area contributed by atoms with Crippen molar-refractivity contribution in [2.45, 2.75) is 18.9 Å². The Morgan fingerprint density at radius 2 is 2.29 bits per heavy atom. The smallest absolute Gasteiger partial charge is 0.273 e. The SMILES string of the molecule is NCC1CCCN1C(=O)c1csc(-c2ccccc2Cl)n1. The Kier molecular flexibility index (Phi) is 4.24. The van der Waals surface area contributed by atoms with Crippen molar-refractivity contribution in [2.75, 3.05) is 13.1 Å². The third-order valence-electron chi connectivity index (χ3n) is 3.74. The first-order valence-electron chi connectivity index (χ1n) is 6.92. The maximum absolute atomic E-state index is 12.5. The maximum atomic E-state index is 12.5. The van der Waals surface area contributed by atoms with Crippen molar-refractivity contribution in [1.29, 1.82) is 0 Å². The van der Waals surface area contributed by atoms with Gasteiger partial charge >= 0.3 is 0 Å². The number of aromatic nitrogens is 1. The molecule has 0 radical (unpaired) electrons. The molecule has 0 spiro atoms. The number of halogens is 1. The third kappa shape index (κ3) is 2.81. The number of nitrogens with zero attached hydrogens (tertiary/aromatic N) is 2. The molecule has 1 aromatic carbocycles. The van der Waals surface area contributed by atoms with Crippen LogP contribution in [0.3, 0.4) is 0 Å². The Labute approximate surface area is 132 Å². The third-order valence-corrected chi connectivity index (χ3v) is 4.94. The fraction of sp³-hybridized carbons (Fsp3) is 0.333. The lowest BCUT2D eigenvalue weighted by Crippen LogP contribution is -2.40. The summed E-state index contributed by atoms with van der Waals surface area (Å²) in [5.74, 6) is -0.0301. The first-order chi connectivity index (χ1) is 10.2. The average molecular weight is 322 g/mol. The van der Waals surface area contributed by atoms with Crippen LogP contribution in [0.4, 0.5) is 0 Å². The van der Waals surface area contributed by atoms with E-state index in [1.165, 1.54) is 11.3 Å². The van der Waals surface area contributed by atoms with Crippen LogP contribution in [0.1, 0.15) is 23.3 Å². The lowest BCUT2D eigenvalue weighted by Gasteiger charge is -2.22. The maximum Gasteiger partial charge on any atom is 0.273 e. The topological polar surface area (TPSA) is 59.2 Å². The number of likely N-dealkylation sites (tertiary alicyclic amines) is 1. The van der Waals surface area contributed by atoms with Crippen LogP contribution in [0.2, 0.25) is 5.02 Å². The number of nitrogens with two attached hydrogens (primary N) is 1. The predicted molar refractivity (Wildman–Crippen MR) is 85.7 cm³/mol. The molecule has 1 atom stereocenters. The minimum atomic E-state index is -0.0301. The average Bonchev–Trinajstić information content (AvgIpc) is 3.16. The van der Waals surface area contributed by atoms with Crippen LogP contribution in [0.5, 0.6) is 0 Å². The highest BCUT2D eigenvalue weighted by Crippen LogP contribution is 2.31. The lowest BCUT2D eigenvalue weighted by atomic mass is 10.2. The molecule has 110 valence electrons. The number of amides is 1. The van der Waals surface area contributed by atoms with E-state index in [2.05, 4.69) is 4.98 Å². The second kappa shape index (κ2) is 6.13. The molecular formula is C15H16ClN3OS. The van der Waals surface area contributed by atoms with Gasteiger partial charge in [-0.15, -0.1) is 11.3 Å². The van der Waals surface area contributed by atoms with E-state index in [9.17, 15) is 4.79 Å². The van der Waals surface area contributed by atoms with Gasteiger partial charge < -0.3 is 10.6 Å². The Bertz CT molecular complexity index is 658. The standard InChI is InChI=1S/C15H16ClN3OS/c16-12-6-2-1-5-11(12)14-18-13(9-21-14)15(20)19-7-3-4-10(19)8-17/h1-2,5-6,9-10H,3-4,7-8,17H2. The fourth-order valence-electron chi connectivity index (χ4n) is 2.63. The van der Waals surface area contributed by atoms with Gasteiger partial charge in [0.1, 0.15) is 10.7 Å². The Hall–Kier alpha value is -1.43. The molecule has 1 aliphatic rings. The summed E-state index contributed by atoms with van der Waals surface area (Å²) in [4.78, 5) is 18.8. The van der Waals surface area contributed by atoms with Gasteiger partial charge in [-0.05, 0) is 18.9 Å². The van der Waals surface area contributed by atoms with E-state index in [-0.39, 0.29) is 11.9 Å². The fourth-order valence-corrected chi connectivity index (χ4v) is 3.74. The summed E-state index contributed by atoms with van der Waals surface area (Å²) in [6.45, 7) is 1.27. The molecule has 0 aliphatic carbocycles. The number of carbonyl (C=O) groups is 1. The second-order valence-electron chi connectivity index (χ2n) is 5.05. The van der Waals surface area contributed by atoms with E-state index in [1.807, 2.05) is 29.2 Å². The van der Waals surface area contributed by atoms with Crippen molar-refractivity contribution in [1.82, 2.24) is 9.88 Å². The van der Waals surface area contributed by atoms with E-state index in [4.69, 9.17) is 17.3 Å². The largest absolute Gasteiger partial charge is 0.333 e. The second-order valence-corrected chi connectivity index (χ2v) is 6.31. The van der Waals surface area contributed by atoms with Gasteiger partial charge in [0.25, 0.3) is 5.91 Å². The molecule has 1 unspecified atom stereocenters. The van der Waals surface area contributed by atoms with E-state index in [0.717, 1.165) is 30.0 Å². The van der Waals surface area contributed by atoms with Crippen molar-refractivity contribution >= 4 is 28.8 Å². The number of hydrogen-bond donors (Lipinski definition) is 1. The van der Waals surface area contributed by atoms with Crippen molar-refractivity contribution in [3.63, 3.8) is 0 Å². The minimum absolute atomic E-state index is 0.0301. The highest BCUT2D eigenvalue weighted by atomic mass is 35.5. The van der Waals surface area contributed by atoms with Gasteiger partial charge in [-0.25, -0.2) is 4.98 Å². The lowest BCUT2D eigenvalue weighted by molar-refractivity contribution is 0.0736. The van der Waals surface area contributed by atoms with Crippen molar-refractivity contribution < 1.29 is 4.79 Å². The molecule has 1 aromatic heterocycles. The monoisotopic (exact) mass is 321 g/mol. The van der Waals surface area contributed by atoms with Crippen LogP contribution in [-0.2, 0) is 0 Å². The number of hydrogen-bond acceptors (Lipinski definition) is 4. The molecule has 3 rings (SSSR count). The molecule has 4 nitrogen and oxygen atoms in total. The molecule has 6 heteroatoms. The van der Waals surface area contributed by atoms with Crippen LogP contribution in [0.15, 0.2) is 29.6 Å². The van der Waals surface area contributed by atoms with Gasteiger partial charge in [-0.1, -0.05) is 29.8 Å². The molecule has 1 fully saturated rings. The van der Waals surface area contributed by atoms with Crippen LogP contribution in [-0.4, -0.2) is 34.9 Å². The highest BCUT2D eigenvalue weighted by Gasteiger charge is 2.29. The van der Waals surface area contributed by atoms with E-state index in [1.54, 1.807) is 5.38 Å². The summed E-state index contributed by atoms with van der Waals surface area (Å²) in [5, 5.41) is 3.21. The highest BCUT2D eigenvalue weighted by molar-refractivity contribution is 7.13. The van der Waals surface area contributed by atoms with Crippen molar-refractivity contribution in [3.05, 3.63) is 40.4 Å². The van der Waals surface area contributed by atoms with Crippen LogP contribution >= 0.6 is 22.9 Å². The molecular weight excluding hydrogens is 306 g/mol. The summed E-state index contributed by atoms with van der Waals surface area (Å²) in [6, 6.07) is 7.66. The molecule has 2 heterocycles. The molecule has 0 saturated carbocycles. The van der Waals surface area contributed by atoms with Crippen molar-refractivity contribution in [2.24, 2.45) is 5.73 Å². The molecule has 21 heavy (non-hydrogen) atoms. The van der Waals surface area contributed by atoms with E-state index < -0.39 is 0 Å². The van der Waals surface area contributed by atoms with Crippen LogP contribution < -0.4 is 5.73 Å². The van der Waals surface area contributed by atoms with E-state index in [0.29, 0.717) is 17.3 Å². The minimum Gasteiger partial charge on any atom is -0.333 e. The van der Waals surface area contributed by atoms with Gasteiger partial charge in [0.05, 0.1) is 5.02 Å². The first kappa shape index (κ1) is 14.5. The van der Waals surface area contributed by atoms with Crippen LogP contribution in [0.25, 0.3) is 10.6 Å². The number of carbonyl (C=O) groups excluding carboxylic acids is 1. The summed E-state index contributed by atoms with van der Waals surface area (Å²) < 4.78 is 0. The molecule has 1 amide bonds. The zero-order valence-corrected chi connectivity index (χ0v) is 13.0. The van der Waals surface area contributed by atoms with Gasteiger partial charge in [0.2, 0.25) is 0 Å². The van der Waals surface area contributed by atoms with Gasteiger partial charge in [-0.2, -0.15) is 0 Å². The molecule has 2 N–H and O–H groups in total. The molecule has 0 bridgehead atoms. The number of rotatable bonds is 3. The zero-order chi connectivity index (χ0) is 14.8. The molecule has 2 aromatic rings. The first-order valence-corrected chi connectivity index (χ1v) is 8.18. The van der Waals surface area contributed by atoms with Gasteiger partial charge in [-0.3, -0.25) is 4.79 Å². The predicted octanol–water partition coefficient (Wildman–Crippen LogP) is 3.03. The number of benzene rings is 1. The molecule has 1 aliphatic heterocycles. The Balaban J connectivity index is 1.85. The van der Waals surface area contributed by atoms with E-state index >= 15 is 0 Å². The number of thiazole rings is 1. The van der Waals surface area contributed by atoms with Gasteiger partial charge in [0.15, 0.2) is 0 Å². The summed E-state index contributed by atoms with van der Waals surface area (Å²) >= 11 is 7.61. The zero-order valence-electron chi connectivity index (χ0n) is 11.5. The van der Waals surface area contributed by atoms with Crippen LogP contribution in [0, 0.1) is 0 Å². The summed E-state index contributed by atoms with van der Waals surface area (Å²) in [5.41, 5.74) is 7.07. The quantitative estimate of drug-likeness (QED) is 0.945. The molecule has 1 saturated heterocycles. The Morgan fingerprint density at radius 1 is 1.48 bits per heavy atom. The summed E-state index contributed by atoms with van der Waals surface area (Å²) in [6.07, 6.45) is 1.98. The summed E-state index contributed by atoms with van der Waals surface area (Å²) in [7, 11) is 0. The normalized spacial score (nSPS) is 18.2. The Morgan fingerprint density at radius 3 is 3.05 bits per heavy atom. The van der Waals surface area contributed by atoms with Gasteiger partial charge in [0, 0.05) is 30.1 Å². The van der Waals surface area contributed by atoms with Crippen molar-refractivity contribution in [3.8, 4) is 10.6 Å².